The van der Waals surface area contributed by atoms with Crippen LogP contribution < -0.4 is 10.5 Å². The van der Waals surface area contributed by atoms with Crippen molar-refractivity contribution in [3.8, 4) is 5.75 Å². The molecule has 0 atom stereocenters. The Morgan fingerprint density at radius 1 is 1.15 bits per heavy atom. The van der Waals surface area contributed by atoms with E-state index in [1.807, 2.05) is 77.9 Å². The topological polar surface area (TPSA) is 79.4 Å². The van der Waals surface area contributed by atoms with Crippen LogP contribution in [0.5, 0.6) is 5.75 Å². The Bertz CT molecular complexity index is 1000. The van der Waals surface area contributed by atoms with E-state index in [4.69, 9.17) is 15.2 Å². The Labute approximate surface area is 205 Å². The summed E-state index contributed by atoms with van der Waals surface area (Å²) in [4.78, 5) is 15.9. The maximum Gasteiger partial charge on any atom is 0.418 e. The van der Waals surface area contributed by atoms with E-state index in [2.05, 4.69) is 18.8 Å². The molecule has 0 unspecified atom stereocenters. The lowest BCUT2D eigenvalue weighted by Crippen LogP contribution is -2.26. The summed E-state index contributed by atoms with van der Waals surface area (Å²) in [5, 5.41) is 1.04. The van der Waals surface area contributed by atoms with Gasteiger partial charge in [-0.3, -0.25) is 4.57 Å². The first kappa shape index (κ1) is 29.0. The molecule has 1 fully saturated rings. The summed E-state index contributed by atoms with van der Waals surface area (Å²) in [6.45, 7) is 16.6. The molecule has 0 spiro atoms. The van der Waals surface area contributed by atoms with E-state index in [1.54, 1.807) is 12.4 Å². The number of fused-ring (bicyclic) bond motifs is 1. The molecule has 0 bridgehead atoms. The molecule has 2 aromatic heterocycles. The molecule has 4 rings (SSSR count). The Hall–Kier alpha value is -3.02. The molecule has 1 aliphatic rings. The van der Waals surface area contributed by atoms with Gasteiger partial charge in [0.1, 0.15) is 5.60 Å². The van der Waals surface area contributed by atoms with Crippen molar-refractivity contribution in [3.63, 3.8) is 0 Å². The number of ether oxygens (including phenoxy) is 2. The standard InChI is InChI=1S/C13H15NO2.C10H14N2O.C3H8.C2H6/c1-13(2,3)16-12(15)14-9-8-10-6-4-5-7-11(10)14;1-7-4-9(10(11)12-5-7)13-6-8-2-3-8;1-3-2;1-2/h4-9H,1-3H3;4-5,8H,2-3,6H2,1H3,(H2,11,12);3H2,1-2H3;1-2H3. The predicted octanol–water partition coefficient (Wildman–Crippen LogP) is 7.63. The molecular weight excluding hydrogens is 426 g/mol. The fourth-order valence-electron chi connectivity index (χ4n) is 2.71. The van der Waals surface area contributed by atoms with Crippen LogP contribution >= 0.6 is 0 Å². The number of nitrogens with zero attached hydrogens (tertiary/aromatic N) is 2. The average molecular weight is 470 g/mol. The lowest BCUT2D eigenvalue weighted by Gasteiger charge is -2.19. The molecule has 2 heterocycles. The summed E-state index contributed by atoms with van der Waals surface area (Å²) < 4.78 is 12.4. The van der Waals surface area contributed by atoms with Crippen molar-refractivity contribution in [2.45, 2.75) is 80.3 Å². The Balaban J connectivity index is 0.000000290. The molecule has 2 N–H and O–H groups in total. The highest BCUT2D eigenvalue weighted by Gasteiger charge is 2.22. The highest BCUT2D eigenvalue weighted by Crippen LogP contribution is 2.30. The second-order valence-corrected chi connectivity index (χ2v) is 9.08. The molecular formula is C28H43N3O3. The second kappa shape index (κ2) is 14.3. The van der Waals surface area contributed by atoms with Crippen molar-refractivity contribution in [2.24, 2.45) is 5.92 Å². The van der Waals surface area contributed by atoms with Crippen LogP contribution in [0, 0.1) is 12.8 Å². The summed E-state index contributed by atoms with van der Waals surface area (Å²) in [7, 11) is 0. The molecule has 0 amide bonds. The third-order valence-electron chi connectivity index (χ3n) is 4.38. The van der Waals surface area contributed by atoms with E-state index in [1.165, 1.54) is 23.8 Å². The van der Waals surface area contributed by atoms with Crippen molar-refractivity contribution in [3.05, 3.63) is 54.4 Å². The number of aryl methyl sites for hydroxylation is 1. The van der Waals surface area contributed by atoms with Crippen molar-refractivity contribution >= 4 is 22.8 Å². The number of para-hydroxylation sites is 1. The number of hydrogen-bond acceptors (Lipinski definition) is 5. The number of nitrogens with two attached hydrogens (primary N) is 1. The first-order valence-corrected chi connectivity index (χ1v) is 12.3. The van der Waals surface area contributed by atoms with Crippen LogP contribution in [0.1, 0.15) is 73.3 Å². The molecule has 3 aromatic rings. The van der Waals surface area contributed by atoms with Crippen LogP contribution in [-0.2, 0) is 4.74 Å². The van der Waals surface area contributed by atoms with E-state index < -0.39 is 5.60 Å². The van der Waals surface area contributed by atoms with Crippen LogP contribution in [-0.4, -0.2) is 27.9 Å². The van der Waals surface area contributed by atoms with Gasteiger partial charge in [0.25, 0.3) is 0 Å². The third kappa shape index (κ3) is 10.3. The van der Waals surface area contributed by atoms with Gasteiger partial charge in [-0.1, -0.05) is 52.3 Å². The zero-order valence-corrected chi connectivity index (χ0v) is 22.2. The molecule has 0 radical (unpaired) electrons. The molecule has 0 saturated heterocycles. The summed E-state index contributed by atoms with van der Waals surface area (Å²) in [6.07, 6.45) is 6.98. The van der Waals surface area contributed by atoms with Crippen LogP contribution in [0.25, 0.3) is 10.9 Å². The average Bonchev–Trinajstić information content (AvgIpc) is 3.52. The van der Waals surface area contributed by atoms with E-state index in [-0.39, 0.29) is 6.09 Å². The molecule has 6 nitrogen and oxygen atoms in total. The molecule has 34 heavy (non-hydrogen) atoms. The van der Waals surface area contributed by atoms with Crippen molar-refractivity contribution in [1.82, 2.24) is 9.55 Å². The molecule has 1 aromatic carbocycles. The third-order valence-corrected chi connectivity index (χ3v) is 4.38. The summed E-state index contributed by atoms with van der Waals surface area (Å²) in [5.74, 6) is 1.97. The fourth-order valence-corrected chi connectivity index (χ4v) is 2.71. The van der Waals surface area contributed by atoms with Gasteiger partial charge in [-0.2, -0.15) is 0 Å². The Morgan fingerprint density at radius 3 is 2.35 bits per heavy atom. The number of nitrogen functional groups attached to an aromatic ring is 1. The minimum absolute atomic E-state index is 0.339. The highest BCUT2D eigenvalue weighted by molar-refractivity contribution is 5.89. The molecule has 1 saturated carbocycles. The number of benzene rings is 1. The summed E-state index contributed by atoms with van der Waals surface area (Å²) >= 11 is 0. The van der Waals surface area contributed by atoms with Gasteiger partial charge in [-0.15, -0.1) is 0 Å². The number of carbonyl (C=O) groups excluding carboxylic acids is 1. The minimum Gasteiger partial charge on any atom is -0.489 e. The number of carbonyl (C=O) groups is 1. The Morgan fingerprint density at radius 2 is 1.76 bits per heavy atom. The smallest absolute Gasteiger partial charge is 0.418 e. The van der Waals surface area contributed by atoms with Crippen molar-refractivity contribution in [1.29, 1.82) is 0 Å². The maximum absolute atomic E-state index is 11.9. The SMILES string of the molecule is CC.CC(C)(C)OC(=O)n1ccc2ccccc21.CCC.Cc1cnc(N)c(OCC2CC2)c1. The van der Waals surface area contributed by atoms with E-state index in [9.17, 15) is 4.79 Å². The summed E-state index contributed by atoms with van der Waals surface area (Å²) in [5.41, 5.74) is 7.15. The minimum atomic E-state index is -0.470. The van der Waals surface area contributed by atoms with Gasteiger partial charge in [0.15, 0.2) is 11.6 Å². The maximum atomic E-state index is 11.9. The van der Waals surface area contributed by atoms with E-state index in [0.717, 1.165) is 34.7 Å². The van der Waals surface area contributed by atoms with Gasteiger partial charge in [-0.05, 0) is 70.2 Å². The zero-order chi connectivity index (χ0) is 25.7. The van der Waals surface area contributed by atoms with Crippen LogP contribution in [0.15, 0.2) is 48.8 Å². The van der Waals surface area contributed by atoms with Gasteiger partial charge in [-0.25, -0.2) is 9.78 Å². The number of aromatic nitrogens is 2. The van der Waals surface area contributed by atoms with Crippen LogP contribution in [0.2, 0.25) is 0 Å². The van der Waals surface area contributed by atoms with Crippen molar-refractivity contribution in [2.75, 3.05) is 12.3 Å². The normalized spacial score (nSPS) is 12.2. The van der Waals surface area contributed by atoms with Crippen molar-refractivity contribution < 1.29 is 14.3 Å². The fraction of sp³-hybridized carbons (Fsp3) is 0.500. The number of hydrogen-bond donors (Lipinski definition) is 1. The lowest BCUT2D eigenvalue weighted by atomic mass is 10.2. The van der Waals surface area contributed by atoms with Gasteiger partial charge in [0, 0.05) is 17.8 Å². The second-order valence-electron chi connectivity index (χ2n) is 9.08. The molecule has 1 aliphatic carbocycles. The summed E-state index contributed by atoms with van der Waals surface area (Å²) in [6, 6.07) is 11.6. The molecule has 188 valence electrons. The highest BCUT2D eigenvalue weighted by atomic mass is 16.6. The van der Waals surface area contributed by atoms with Gasteiger partial charge in [0.2, 0.25) is 0 Å². The first-order chi connectivity index (χ1) is 16.1. The quantitative estimate of drug-likeness (QED) is 0.426. The lowest BCUT2D eigenvalue weighted by molar-refractivity contribution is 0.0544. The first-order valence-electron chi connectivity index (χ1n) is 12.3. The van der Waals surface area contributed by atoms with E-state index in [0.29, 0.717) is 5.82 Å². The number of rotatable bonds is 3. The van der Waals surface area contributed by atoms with E-state index >= 15 is 0 Å². The number of pyridine rings is 1. The molecule has 0 aliphatic heterocycles. The zero-order valence-electron chi connectivity index (χ0n) is 22.2. The van der Waals surface area contributed by atoms with Gasteiger partial charge in [0.05, 0.1) is 12.1 Å². The van der Waals surface area contributed by atoms with Crippen LogP contribution in [0.4, 0.5) is 10.6 Å². The monoisotopic (exact) mass is 469 g/mol. The Kier molecular flexibility index (Phi) is 12.2. The largest absolute Gasteiger partial charge is 0.489 e. The van der Waals surface area contributed by atoms with Crippen LogP contribution in [0.3, 0.4) is 0 Å². The molecule has 6 heteroatoms. The van der Waals surface area contributed by atoms with Gasteiger partial charge < -0.3 is 15.2 Å². The predicted molar refractivity (Wildman–Crippen MR) is 142 cm³/mol. The number of anilines is 1. The van der Waals surface area contributed by atoms with Gasteiger partial charge >= 0.3 is 6.09 Å².